The van der Waals surface area contributed by atoms with Gasteiger partial charge < -0.3 is 15.1 Å². The Hall–Kier alpha value is -2.66. The van der Waals surface area contributed by atoms with Crippen LogP contribution in [-0.2, 0) is 22.4 Å². The summed E-state index contributed by atoms with van der Waals surface area (Å²) in [4.78, 5) is 26.5. The SMILES string of the molecule is O=C(CCc1ccccc1)N1CC[C@@H](O)[C@](CCCc2ccccc2)(C(=O)O)C1. The summed E-state index contributed by atoms with van der Waals surface area (Å²) >= 11 is 0. The number of likely N-dealkylation sites (tertiary alicyclic amines) is 1. The highest BCUT2D eigenvalue weighted by Crippen LogP contribution is 2.36. The molecule has 0 radical (unpaired) electrons. The lowest BCUT2D eigenvalue weighted by Gasteiger charge is -2.43. The minimum absolute atomic E-state index is 0.0468. The standard InChI is InChI=1S/C24H29NO4/c26-21-15-17-25(22(27)14-13-20-10-5-2-6-11-20)18-24(21,23(28)29)16-7-12-19-8-3-1-4-9-19/h1-6,8-11,21,26H,7,12-18H2,(H,28,29)/t21-,24-/m1/s1. The highest BCUT2D eigenvalue weighted by Gasteiger charge is 2.49. The molecule has 5 heteroatoms. The Bertz CT molecular complexity index is 808. The molecule has 0 unspecified atom stereocenters. The first-order chi connectivity index (χ1) is 14.0. The molecule has 0 bridgehead atoms. The Morgan fingerprint density at radius 3 is 2.14 bits per heavy atom. The average molecular weight is 395 g/mol. The summed E-state index contributed by atoms with van der Waals surface area (Å²) in [6.07, 6.45) is 2.10. The maximum atomic E-state index is 12.7. The van der Waals surface area contributed by atoms with Crippen LogP contribution in [0.3, 0.4) is 0 Å². The summed E-state index contributed by atoms with van der Waals surface area (Å²) in [5, 5.41) is 20.5. The fraction of sp³-hybridized carbons (Fsp3) is 0.417. The molecule has 3 rings (SSSR count). The number of carbonyl (C=O) groups excluding carboxylic acids is 1. The van der Waals surface area contributed by atoms with Crippen LogP contribution >= 0.6 is 0 Å². The van der Waals surface area contributed by atoms with Gasteiger partial charge in [-0.2, -0.15) is 0 Å². The molecule has 29 heavy (non-hydrogen) atoms. The number of hydrogen-bond donors (Lipinski definition) is 2. The first kappa shape index (κ1) is 21.1. The van der Waals surface area contributed by atoms with Gasteiger partial charge in [0.2, 0.25) is 5.91 Å². The molecule has 1 aliphatic rings. The number of carbonyl (C=O) groups is 2. The van der Waals surface area contributed by atoms with Crippen molar-refractivity contribution in [2.24, 2.45) is 5.41 Å². The molecule has 154 valence electrons. The Balaban J connectivity index is 1.62. The number of amides is 1. The van der Waals surface area contributed by atoms with Crippen molar-refractivity contribution in [3.05, 3.63) is 71.8 Å². The highest BCUT2D eigenvalue weighted by molar-refractivity contribution is 5.80. The number of aliphatic hydroxyl groups is 1. The average Bonchev–Trinajstić information content (AvgIpc) is 2.74. The van der Waals surface area contributed by atoms with Gasteiger partial charge in [-0.1, -0.05) is 60.7 Å². The van der Waals surface area contributed by atoms with Crippen LogP contribution in [0.1, 0.15) is 36.8 Å². The summed E-state index contributed by atoms with van der Waals surface area (Å²) in [6.45, 7) is 0.481. The fourth-order valence-corrected chi connectivity index (χ4v) is 4.16. The van der Waals surface area contributed by atoms with Gasteiger partial charge in [-0.25, -0.2) is 0 Å². The van der Waals surface area contributed by atoms with Crippen LogP contribution in [0.2, 0.25) is 0 Å². The van der Waals surface area contributed by atoms with E-state index in [9.17, 15) is 19.8 Å². The van der Waals surface area contributed by atoms with Gasteiger partial charge in [-0.05, 0) is 43.2 Å². The van der Waals surface area contributed by atoms with Crippen molar-refractivity contribution >= 4 is 11.9 Å². The quantitative estimate of drug-likeness (QED) is 0.719. The minimum Gasteiger partial charge on any atom is -0.481 e. The third kappa shape index (κ3) is 5.24. The van der Waals surface area contributed by atoms with Crippen molar-refractivity contribution in [1.82, 2.24) is 4.90 Å². The van der Waals surface area contributed by atoms with E-state index in [1.165, 1.54) is 0 Å². The number of benzene rings is 2. The number of nitrogens with zero attached hydrogens (tertiary/aromatic N) is 1. The number of hydrogen-bond acceptors (Lipinski definition) is 3. The van der Waals surface area contributed by atoms with E-state index < -0.39 is 17.5 Å². The second-order valence-corrected chi connectivity index (χ2v) is 7.91. The molecular formula is C24H29NO4. The number of carboxylic acid groups (broad SMARTS) is 1. The number of rotatable bonds is 8. The van der Waals surface area contributed by atoms with Crippen LogP contribution in [-0.4, -0.2) is 46.2 Å². The Labute approximate surface area is 172 Å². The Morgan fingerprint density at radius 1 is 0.966 bits per heavy atom. The van der Waals surface area contributed by atoms with Crippen molar-refractivity contribution < 1.29 is 19.8 Å². The largest absolute Gasteiger partial charge is 0.481 e. The molecule has 1 amide bonds. The van der Waals surface area contributed by atoms with Crippen LogP contribution in [0, 0.1) is 5.41 Å². The first-order valence-corrected chi connectivity index (χ1v) is 10.3. The van der Waals surface area contributed by atoms with Crippen molar-refractivity contribution in [1.29, 1.82) is 0 Å². The first-order valence-electron chi connectivity index (χ1n) is 10.3. The van der Waals surface area contributed by atoms with E-state index in [4.69, 9.17) is 0 Å². The molecule has 5 nitrogen and oxygen atoms in total. The molecule has 2 aromatic rings. The van der Waals surface area contributed by atoms with Gasteiger partial charge in [-0.3, -0.25) is 9.59 Å². The molecule has 1 fully saturated rings. The van der Waals surface area contributed by atoms with Crippen molar-refractivity contribution in [3.63, 3.8) is 0 Å². The summed E-state index contributed by atoms with van der Waals surface area (Å²) in [5.41, 5.74) is 0.939. The second kappa shape index (κ2) is 9.70. The van der Waals surface area contributed by atoms with Gasteiger partial charge in [-0.15, -0.1) is 0 Å². The van der Waals surface area contributed by atoms with Crippen LogP contribution in [0.4, 0.5) is 0 Å². The third-order valence-electron chi connectivity index (χ3n) is 5.96. The molecule has 1 aliphatic heterocycles. The minimum atomic E-state index is -1.30. The second-order valence-electron chi connectivity index (χ2n) is 7.91. The molecule has 0 aromatic heterocycles. The zero-order valence-electron chi connectivity index (χ0n) is 16.7. The molecule has 2 atom stereocenters. The number of carboxylic acids is 1. The highest BCUT2D eigenvalue weighted by atomic mass is 16.4. The molecule has 0 saturated carbocycles. The van der Waals surface area contributed by atoms with Gasteiger partial charge >= 0.3 is 5.97 Å². The number of aliphatic carboxylic acids is 1. The molecule has 0 spiro atoms. The van der Waals surface area contributed by atoms with Crippen LogP contribution in [0.25, 0.3) is 0 Å². The maximum absolute atomic E-state index is 12.7. The van der Waals surface area contributed by atoms with Gasteiger partial charge in [0, 0.05) is 19.5 Å². The smallest absolute Gasteiger partial charge is 0.314 e. The van der Waals surface area contributed by atoms with Crippen LogP contribution < -0.4 is 0 Å². The maximum Gasteiger partial charge on any atom is 0.314 e. The van der Waals surface area contributed by atoms with Crippen LogP contribution in [0.5, 0.6) is 0 Å². The monoisotopic (exact) mass is 395 g/mol. The molecule has 2 N–H and O–H groups in total. The van der Waals surface area contributed by atoms with E-state index in [0.29, 0.717) is 38.6 Å². The van der Waals surface area contributed by atoms with E-state index in [1.807, 2.05) is 60.7 Å². The number of aryl methyl sites for hydroxylation is 2. The van der Waals surface area contributed by atoms with E-state index in [2.05, 4.69) is 0 Å². The predicted molar refractivity (Wildman–Crippen MR) is 111 cm³/mol. The molecular weight excluding hydrogens is 366 g/mol. The Morgan fingerprint density at radius 2 is 1.55 bits per heavy atom. The van der Waals surface area contributed by atoms with Crippen molar-refractivity contribution in [2.75, 3.05) is 13.1 Å². The van der Waals surface area contributed by atoms with Crippen molar-refractivity contribution in [2.45, 2.75) is 44.6 Å². The van der Waals surface area contributed by atoms with Crippen molar-refractivity contribution in [3.8, 4) is 0 Å². The van der Waals surface area contributed by atoms with Crippen LogP contribution in [0.15, 0.2) is 60.7 Å². The summed E-state index contributed by atoms with van der Waals surface area (Å²) in [5.74, 6) is -1.06. The summed E-state index contributed by atoms with van der Waals surface area (Å²) in [6, 6.07) is 19.7. The zero-order valence-corrected chi connectivity index (χ0v) is 16.7. The summed E-state index contributed by atoms with van der Waals surface area (Å²) < 4.78 is 0. The van der Waals surface area contributed by atoms with Gasteiger partial charge in [0.1, 0.15) is 5.41 Å². The zero-order chi connectivity index (χ0) is 20.7. The van der Waals surface area contributed by atoms with E-state index in [0.717, 1.165) is 17.5 Å². The fourth-order valence-electron chi connectivity index (χ4n) is 4.16. The topological polar surface area (TPSA) is 77.8 Å². The number of aliphatic hydroxyl groups excluding tert-OH is 1. The lowest BCUT2D eigenvalue weighted by molar-refractivity contribution is -0.167. The summed E-state index contributed by atoms with van der Waals surface area (Å²) in [7, 11) is 0. The van der Waals surface area contributed by atoms with E-state index >= 15 is 0 Å². The lowest BCUT2D eigenvalue weighted by atomic mass is 9.73. The molecule has 2 aromatic carbocycles. The van der Waals surface area contributed by atoms with Gasteiger partial charge in [0.15, 0.2) is 0 Å². The lowest BCUT2D eigenvalue weighted by Crippen LogP contribution is -2.57. The molecule has 1 heterocycles. The molecule has 0 aliphatic carbocycles. The normalized spacial score (nSPS) is 21.7. The Kier molecular flexibility index (Phi) is 7.04. The number of piperidine rings is 1. The van der Waals surface area contributed by atoms with E-state index in [1.54, 1.807) is 4.90 Å². The predicted octanol–water partition coefficient (Wildman–Crippen LogP) is 3.31. The van der Waals surface area contributed by atoms with Gasteiger partial charge in [0.25, 0.3) is 0 Å². The van der Waals surface area contributed by atoms with Gasteiger partial charge in [0.05, 0.1) is 6.10 Å². The molecule has 1 saturated heterocycles. The third-order valence-corrected chi connectivity index (χ3v) is 5.96. The van der Waals surface area contributed by atoms with E-state index in [-0.39, 0.29) is 12.5 Å².